The van der Waals surface area contributed by atoms with E-state index in [-0.39, 0.29) is 16.5 Å². The van der Waals surface area contributed by atoms with E-state index in [9.17, 15) is 8.42 Å². The molecule has 0 aromatic rings. The maximum atomic E-state index is 11.3. The maximum absolute atomic E-state index is 11.3. The highest BCUT2D eigenvalue weighted by Gasteiger charge is 2.18. The molecule has 3 nitrogen and oxygen atoms in total. The normalized spacial score (nSPS) is 15.3. The van der Waals surface area contributed by atoms with Crippen LogP contribution in [-0.4, -0.2) is 26.1 Å². The van der Waals surface area contributed by atoms with Crippen LogP contribution in [0.5, 0.6) is 0 Å². The quantitative estimate of drug-likeness (QED) is 0.741. The highest BCUT2D eigenvalue weighted by atomic mass is 35.5. The number of hydrogen-bond donors (Lipinski definition) is 1. The molecular formula is C10H22ClNO2S. The lowest BCUT2D eigenvalue weighted by molar-refractivity contribution is 0.369. The van der Waals surface area contributed by atoms with Gasteiger partial charge in [0.2, 0.25) is 10.0 Å². The first-order valence-corrected chi connectivity index (χ1v) is 7.36. The Morgan fingerprint density at radius 3 is 2.27 bits per heavy atom. The third-order valence-corrected chi connectivity index (χ3v) is 3.69. The molecule has 0 aliphatic rings. The van der Waals surface area contributed by atoms with Crippen molar-refractivity contribution in [2.24, 2.45) is 5.41 Å². The van der Waals surface area contributed by atoms with Crippen molar-refractivity contribution >= 4 is 21.6 Å². The van der Waals surface area contributed by atoms with E-state index in [4.69, 9.17) is 11.6 Å². The fourth-order valence-corrected chi connectivity index (χ4v) is 3.06. The summed E-state index contributed by atoms with van der Waals surface area (Å²) in [5.74, 6) is 0.173. The zero-order valence-corrected chi connectivity index (χ0v) is 11.6. The van der Waals surface area contributed by atoms with Crippen molar-refractivity contribution in [3.63, 3.8) is 0 Å². The summed E-state index contributed by atoms with van der Waals surface area (Å²) in [4.78, 5) is 0. The second-order valence-electron chi connectivity index (χ2n) is 5.03. The van der Waals surface area contributed by atoms with Crippen LogP contribution in [0.25, 0.3) is 0 Å². The Kier molecular flexibility index (Phi) is 6.14. The first-order chi connectivity index (χ1) is 6.66. The van der Waals surface area contributed by atoms with Gasteiger partial charge in [-0.2, -0.15) is 0 Å². The summed E-state index contributed by atoms with van der Waals surface area (Å²) in [6.07, 6.45) is 1.42. The van der Waals surface area contributed by atoms with E-state index < -0.39 is 10.0 Å². The Morgan fingerprint density at radius 2 is 1.87 bits per heavy atom. The van der Waals surface area contributed by atoms with Crippen molar-refractivity contribution in [3.05, 3.63) is 0 Å². The number of nitrogens with one attached hydrogen (secondary N) is 1. The summed E-state index contributed by atoms with van der Waals surface area (Å²) < 4.78 is 25.2. The van der Waals surface area contributed by atoms with Crippen molar-refractivity contribution < 1.29 is 8.42 Å². The Bertz CT molecular complexity index is 270. The van der Waals surface area contributed by atoms with Crippen LogP contribution in [0.15, 0.2) is 0 Å². The van der Waals surface area contributed by atoms with E-state index in [2.05, 4.69) is 25.5 Å². The van der Waals surface area contributed by atoms with Crippen molar-refractivity contribution in [2.75, 3.05) is 12.3 Å². The second kappa shape index (κ2) is 6.06. The topological polar surface area (TPSA) is 46.2 Å². The highest BCUT2D eigenvalue weighted by Crippen LogP contribution is 2.23. The Hall–Kier alpha value is 0.200. The zero-order chi connectivity index (χ0) is 12.1. The lowest BCUT2D eigenvalue weighted by Gasteiger charge is -2.21. The van der Waals surface area contributed by atoms with Crippen LogP contribution in [0.4, 0.5) is 0 Å². The molecule has 0 radical (unpaired) electrons. The molecule has 0 fully saturated rings. The summed E-state index contributed by atoms with van der Waals surface area (Å²) in [7, 11) is -3.12. The average Bonchev–Trinajstić information content (AvgIpc) is 1.98. The van der Waals surface area contributed by atoms with Gasteiger partial charge >= 0.3 is 0 Å². The molecule has 15 heavy (non-hydrogen) atoms. The minimum absolute atomic E-state index is 0.128. The van der Waals surface area contributed by atoms with E-state index in [1.165, 1.54) is 0 Å². The summed E-state index contributed by atoms with van der Waals surface area (Å²) in [5.41, 5.74) is 0.128. The highest BCUT2D eigenvalue weighted by molar-refractivity contribution is 7.89. The number of rotatable bonds is 6. The third-order valence-electron chi connectivity index (χ3n) is 1.83. The molecule has 0 bridgehead atoms. The molecule has 1 N–H and O–H groups in total. The van der Waals surface area contributed by atoms with Gasteiger partial charge in [-0.25, -0.2) is 13.1 Å². The standard InChI is InChI=1S/C10H22ClNO2S/c1-5-6-15(13,14)12-8-9(11)7-10(2,3)4/h9,12H,5-8H2,1-4H3. The molecule has 0 saturated heterocycles. The van der Waals surface area contributed by atoms with Crippen LogP contribution in [-0.2, 0) is 10.0 Å². The zero-order valence-electron chi connectivity index (χ0n) is 10.0. The molecule has 0 aliphatic carbocycles. The van der Waals surface area contributed by atoms with Crippen LogP contribution in [0.2, 0.25) is 0 Å². The van der Waals surface area contributed by atoms with E-state index in [0.717, 1.165) is 6.42 Å². The molecule has 0 heterocycles. The fourth-order valence-electron chi connectivity index (χ4n) is 1.29. The minimum atomic E-state index is -3.12. The van der Waals surface area contributed by atoms with Crippen LogP contribution in [0.3, 0.4) is 0 Å². The molecule has 1 unspecified atom stereocenters. The van der Waals surface area contributed by atoms with Crippen molar-refractivity contribution in [3.8, 4) is 0 Å². The van der Waals surface area contributed by atoms with Gasteiger partial charge < -0.3 is 0 Å². The molecule has 0 aromatic heterocycles. The summed E-state index contributed by atoms with van der Waals surface area (Å²) >= 11 is 6.04. The van der Waals surface area contributed by atoms with Gasteiger partial charge in [-0.15, -0.1) is 11.6 Å². The van der Waals surface area contributed by atoms with Crippen LogP contribution in [0, 0.1) is 5.41 Å². The minimum Gasteiger partial charge on any atom is -0.214 e. The maximum Gasteiger partial charge on any atom is 0.211 e. The molecule has 0 aromatic carbocycles. The van der Waals surface area contributed by atoms with Crippen LogP contribution in [0.1, 0.15) is 40.5 Å². The lowest BCUT2D eigenvalue weighted by atomic mass is 9.90. The first-order valence-electron chi connectivity index (χ1n) is 5.28. The molecule has 0 aliphatic heterocycles. The molecule has 0 rings (SSSR count). The average molecular weight is 256 g/mol. The van der Waals surface area contributed by atoms with Gasteiger partial charge in [-0.1, -0.05) is 27.7 Å². The molecule has 0 spiro atoms. The van der Waals surface area contributed by atoms with E-state index >= 15 is 0 Å². The van der Waals surface area contributed by atoms with Gasteiger partial charge in [0.15, 0.2) is 0 Å². The summed E-state index contributed by atoms with van der Waals surface area (Å²) in [5, 5.41) is -0.142. The van der Waals surface area contributed by atoms with Gasteiger partial charge in [0, 0.05) is 11.9 Å². The van der Waals surface area contributed by atoms with Crippen molar-refractivity contribution in [2.45, 2.75) is 45.9 Å². The van der Waals surface area contributed by atoms with Crippen molar-refractivity contribution in [1.82, 2.24) is 4.72 Å². The number of halogens is 1. The molecule has 0 saturated carbocycles. The van der Waals surface area contributed by atoms with Crippen molar-refractivity contribution in [1.29, 1.82) is 0 Å². The predicted octanol–water partition coefficient (Wildman–Crippen LogP) is 2.36. The molecule has 92 valence electrons. The lowest BCUT2D eigenvalue weighted by Crippen LogP contribution is -2.33. The SMILES string of the molecule is CCCS(=O)(=O)NCC(Cl)CC(C)(C)C. The van der Waals surface area contributed by atoms with Crippen LogP contribution >= 0.6 is 11.6 Å². The number of alkyl halides is 1. The van der Waals surface area contributed by atoms with E-state index in [0.29, 0.717) is 13.0 Å². The largest absolute Gasteiger partial charge is 0.214 e. The predicted molar refractivity (Wildman–Crippen MR) is 65.8 cm³/mol. The Labute approximate surface area is 98.6 Å². The van der Waals surface area contributed by atoms with E-state index in [1.807, 2.05) is 6.92 Å². The summed E-state index contributed by atoms with van der Waals surface area (Å²) in [6, 6.07) is 0. The summed E-state index contributed by atoms with van der Waals surface area (Å²) in [6.45, 7) is 8.42. The van der Waals surface area contributed by atoms with Gasteiger partial charge in [-0.05, 0) is 18.3 Å². The smallest absolute Gasteiger partial charge is 0.211 e. The monoisotopic (exact) mass is 255 g/mol. The molecule has 0 amide bonds. The molecule has 5 heteroatoms. The van der Waals surface area contributed by atoms with Gasteiger partial charge in [0.25, 0.3) is 0 Å². The van der Waals surface area contributed by atoms with Gasteiger partial charge in [0.1, 0.15) is 0 Å². The molecule has 1 atom stereocenters. The molecular weight excluding hydrogens is 234 g/mol. The first kappa shape index (κ1) is 15.2. The van der Waals surface area contributed by atoms with E-state index in [1.54, 1.807) is 0 Å². The fraction of sp³-hybridized carbons (Fsp3) is 1.00. The Morgan fingerprint density at radius 1 is 1.33 bits per heavy atom. The third kappa shape index (κ3) is 9.15. The number of sulfonamides is 1. The van der Waals surface area contributed by atoms with Gasteiger partial charge in [-0.3, -0.25) is 0 Å². The second-order valence-corrected chi connectivity index (χ2v) is 7.57. The van der Waals surface area contributed by atoms with Gasteiger partial charge in [0.05, 0.1) is 5.75 Å². The number of hydrogen-bond acceptors (Lipinski definition) is 2. The van der Waals surface area contributed by atoms with Crippen LogP contribution < -0.4 is 4.72 Å². The Balaban J connectivity index is 3.96.